The highest BCUT2D eigenvalue weighted by Crippen LogP contribution is 2.36. The Bertz CT molecular complexity index is 1140. The molecule has 5 nitrogen and oxygen atoms in total. The van der Waals surface area contributed by atoms with Crippen LogP contribution in [0.4, 0.5) is 26.3 Å². The monoisotopic (exact) mass is 431 g/mol. The second kappa shape index (κ2) is 7.63. The number of fused-ring (bicyclic) bond motifs is 1. The van der Waals surface area contributed by atoms with E-state index in [-0.39, 0.29) is 28.2 Å². The van der Waals surface area contributed by atoms with Gasteiger partial charge in [-0.05, 0) is 31.2 Å². The Balaban J connectivity index is 2.09. The van der Waals surface area contributed by atoms with Gasteiger partial charge in [0.2, 0.25) is 0 Å². The van der Waals surface area contributed by atoms with Crippen LogP contribution in [0.3, 0.4) is 0 Å². The maximum absolute atomic E-state index is 14.2. The normalized spacial score (nSPS) is 13.5. The van der Waals surface area contributed by atoms with Crippen LogP contribution in [-0.2, 0) is 0 Å². The largest absolute Gasteiger partial charge is 0.487 e. The van der Waals surface area contributed by atoms with Gasteiger partial charge in [0.15, 0.2) is 6.61 Å². The lowest BCUT2D eigenvalue weighted by Gasteiger charge is -2.20. The van der Waals surface area contributed by atoms with E-state index in [2.05, 4.69) is 9.72 Å². The van der Waals surface area contributed by atoms with Crippen molar-refractivity contribution in [3.8, 4) is 11.4 Å². The predicted octanol–water partition coefficient (Wildman–Crippen LogP) is 4.12. The molecule has 0 bridgehead atoms. The number of nitrogens with zero attached hydrogens (tertiary/aromatic N) is 2. The van der Waals surface area contributed by atoms with Crippen LogP contribution in [0, 0.1) is 5.82 Å². The standard InChI is InChI=1S/C19H15F6N3O2/c1-10(26)16-27-14-7-3-6-13(20)15(14)17(29)28(16)11-4-2-5-12(8-11)30-9-18(21,22)19(23,24)25/h2-8,10H,9,26H2,1H3. The molecule has 160 valence electrons. The number of rotatable bonds is 5. The number of aromatic nitrogens is 2. The first kappa shape index (κ1) is 21.6. The summed E-state index contributed by atoms with van der Waals surface area (Å²) in [6.07, 6.45) is -5.77. The van der Waals surface area contributed by atoms with Crippen molar-refractivity contribution >= 4 is 10.9 Å². The second-order valence-corrected chi connectivity index (χ2v) is 6.52. The molecule has 3 aromatic rings. The quantitative estimate of drug-likeness (QED) is 0.617. The zero-order valence-electron chi connectivity index (χ0n) is 15.4. The lowest BCUT2D eigenvalue weighted by molar-refractivity contribution is -0.290. The van der Waals surface area contributed by atoms with Crippen molar-refractivity contribution in [2.75, 3.05) is 6.61 Å². The van der Waals surface area contributed by atoms with Gasteiger partial charge < -0.3 is 10.5 Å². The number of benzene rings is 2. The summed E-state index contributed by atoms with van der Waals surface area (Å²) in [6.45, 7) is -0.423. The van der Waals surface area contributed by atoms with Crippen LogP contribution in [0.15, 0.2) is 47.3 Å². The summed E-state index contributed by atoms with van der Waals surface area (Å²) < 4.78 is 83.0. The third-order valence-electron chi connectivity index (χ3n) is 4.19. The van der Waals surface area contributed by atoms with Crippen molar-refractivity contribution < 1.29 is 31.1 Å². The average molecular weight is 431 g/mol. The number of halogens is 6. The average Bonchev–Trinajstić information content (AvgIpc) is 2.65. The van der Waals surface area contributed by atoms with E-state index in [9.17, 15) is 31.1 Å². The van der Waals surface area contributed by atoms with E-state index in [1.165, 1.54) is 31.2 Å². The van der Waals surface area contributed by atoms with Crippen molar-refractivity contribution in [3.05, 3.63) is 64.5 Å². The van der Waals surface area contributed by atoms with E-state index in [1.807, 2.05) is 0 Å². The van der Waals surface area contributed by atoms with Gasteiger partial charge in [-0.3, -0.25) is 9.36 Å². The van der Waals surface area contributed by atoms with Gasteiger partial charge >= 0.3 is 12.1 Å². The van der Waals surface area contributed by atoms with Gasteiger partial charge in [0.1, 0.15) is 22.8 Å². The molecular weight excluding hydrogens is 416 g/mol. The summed E-state index contributed by atoms with van der Waals surface area (Å²) >= 11 is 0. The Morgan fingerprint density at radius 2 is 1.80 bits per heavy atom. The number of ether oxygens (including phenoxy) is 1. The molecule has 1 heterocycles. The van der Waals surface area contributed by atoms with E-state index < -0.39 is 36.1 Å². The molecular formula is C19H15F6N3O2. The molecule has 0 aliphatic heterocycles. The van der Waals surface area contributed by atoms with Crippen LogP contribution < -0.4 is 16.0 Å². The van der Waals surface area contributed by atoms with Crippen LogP contribution in [0.25, 0.3) is 16.6 Å². The summed E-state index contributed by atoms with van der Waals surface area (Å²) in [5.41, 5.74) is 5.15. The Hall–Kier alpha value is -3.08. The molecule has 2 N–H and O–H groups in total. The van der Waals surface area contributed by atoms with Gasteiger partial charge in [-0.15, -0.1) is 0 Å². The number of alkyl halides is 5. The zero-order valence-corrected chi connectivity index (χ0v) is 15.4. The van der Waals surface area contributed by atoms with Crippen LogP contribution in [0.1, 0.15) is 18.8 Å². The van der Waals surface area contributed by atoms with Gasteiger partial charge in [0.05, 0.1) is 17.2 Å². The Labute approximate surface area is 165 Å². The van der Waals surface area contributed by atoms with Crippen molar-refractivity contribution in [2.45, 2.75) is 25.1 Å². The third kappa shape index (κ3) is 3.97. The molecule has 0 saturated heterocycles. The Kier molecular flexibility index (Phi) is 5.50. The molecule has 11 heteroatoms. The minimum atomic E-state index is -5.77. The van der Waals surface area contributed by atoms with Crippen molar-refractivity contribution in [3.63, 3.8) is 0 Å². The Morgan fingerprint density at radius 1 is 1.13 bits per heavy atom. The molecule has 0 radical (unpaired) electrons. The van der Waals surface area contributed by atoms with E-state index in [0.29, 0.717) is 0 Å². The summed E-state index contributed by atoms with van der Waals surface area (Å²) in [4.78, 5) is 17.2. The van der Waals surface area contributed by atoms with Crippen LogP contribution in [-0.4, -0.2) is 28.3 Å². The lowest BCUT2D eigenvalue weighted by Crippen LogP contribution is -2.41. The number of hydrogen-bond donors (Lipinski definition) is 1. The number of nitrogens with two attached hydrogens (primary N) is 1. The molecule has 0 aliphatic rings. The molecule has 3 rings (SSSR count). The van der Waals surface area contributed by atoms with Crippen LogP contribution in [0.2, 0.25) is 0 Å². The molecule has 1 aromatic heterocycles. The van der Waals surface area contributed by atoms with E-state index in [0.717, 1.165) is 22.8 Å². The van der Waals surface area contributed by atoms with Gasteiger partial charge in [0, 0.05) is 6.07 Å². The number of hydrogen-bond acceptors (Lipinski definition) is 4. The van der Waals surface area contributed by atoms with Crippen molar-refractivity contribution in [1.29, 1.82) is 0 Å². The van der Waals surface area contributed by atoms with E-state index in [1.54, 1.807) is 0 Å². The first-order valence-electron chi connectivity index (χ1n) is 8.57. The first-order chi connectivity index (χ1) is 13.9. The molecule has 0 saturated carbocycles. The molecule has 1 unspecified atom stereocenters. The van der Waals surface area contributed by atoms with E-state index >= 15 is 0 Å². The summed E-state index contributed by atoms with van der Waals surface area (Å²) in [7, 11) is 0. The van der Waals surface area contributed by atoms with Gasteiger partial charge in [0.25, 0.3) is 5.56 Å². The highest BCUT2D eigenvalue weighted by Gasteiger charge is 2.58. The molecule has 0 fully saturated rings. The molecule has 0 spiro atoms. The minimum Gasteiger partial charge on any atom is -0.487 e. The fourth-order valence-corrected chi connectivity index (χ4v) is 2.73. The maximum Gasteiger partial charge on any atom is 0.456 e. The van der Waals surface area contributed by atoms with E-state index in [4.69, 9.17) is 5.73 Å². The smallest absolute Gasteiger partial charge is 0.456 e. The topological polar surface area (TPSA) is 70.1 Å². The molecule has 1 atom stereocenters. The van der Waals surface area contributed by atoms with Crippen molar-refractivity contribution in [2.24, 2.45) is 5.73 Å². The summed E-state index contributed by atoms with van der Waals surface area (Å²) in [6, 6.07) is 7.92. The molecule has 30 heavy (non-hydrogen) atoms. The molecule has 0 aliphatic carbocycles. The lowest BCUT2D eigenvalue weighted by atomic mass is 10.2. The zero-order chi connectivity index (χ0) is 22.3. The SMILES string of the molecule is CC(N)c1nc2cccc(F)c2c(=O)n1-c1cccc(OCC(F)(F)C(F)(F)F)c1. The fourth-order valence-electron chi connectivity index (χ4n) is 2.73. The maximum atomic E-state index is 14.2. The highest BCUT2D eigenvalue weighted by atomic mass is 19.4. The predicted molar refractivity (Wildman–Crippen MR) is 96.4 cm³/mol. The van der Waals surface area contributed by atoms with Gasteiger partial charge in [-0.2, -0.15) is 22.0 Å². The minimum absolute atomic E-state index is 0.0118. The van der Waals surface area contributed by atoms with Gasteiger partial charge in [-0.25, -0.2) is 9.37 Å². The van der Waals surface area contributed by atoms with Crippen LogP contribution >= 0.6 is 0 Å². The van der Waals surface area contributed by atoms with Gasteiger partial charge in [-0.1, -0.05) is 12.1 Å². The van der Waals surface area contributed by atoms with Crippen molar-refractivity contribution in [1.82, 2.24) is 9.55 Å². The molecule has 2 aromatic carbocycles. The second-order valence-electron chi connectivity index (χ2n) is 6.52. The highest BCUT2D eigenvalue weighted by molar-refractivity contribution is 5.78. The summed E-state index contributed by atoms with van der Waals surface area (Å²) in [5, 5.41) is -0.322. The summed E-state index contributed by atoms with van der Waals surface area (Å²) in [5.74, 6) is -6.21. The first-order valence-corrected chi connectivity index (χ1v) is 8.57. The molecule has 0 amide bonds. The fraction of sp³-hybridized carbons (Fsp3) is 0.263. The Morgan fingerprint density at radius 3 is 2.43 bits per heavy atom. The third-order valence-corrected chi connectivity index (χ3v) is 4.19. The van der Waals surface area contributed by atoms with Crippen LogP contribution in [0.5, 0.6) is 5.75 Å².